The lowest BCUT2D eigenvalue weighted by Gasteiger charge is -2.33. The van der Waals surface area contributed by atoms with Crippen LogP contribution in [0.25, 0.3) is 0 Å². The van der Waals surface area contributed by atoms with Crippen molar-refractivity contribution in [3.05, 3.63) is 11.9 Å². The normalized spacial score (nSPS) is 25.9. The number of nitrogens with two attached hydrogens (primary N) is 1. The topological polar surface area (TPSA) is 73.8 Å². The predicted molar refractivity (Wildman–Crippen MR) is 50.8 cm³/mol. The average Bonchev–Trinajstić information content (AvgIpc) is 2.51. The number of carbonyl (C=O) groups is 1. The van der Waals surface area contributed by atoms with E-state index in [0.29, 0.717) is 17.7 Å². The first-order valence-corrected chi connectivity index (χ1v) is 4.83. The molecule has 0 aromatic carbocycles. The fourth-order valence-electron chi connectivity index (χ4n) is 1.73. The Bertz CT molecular complexity index is 340. The highest BCUT2D eigenvalue weighted by Gasteiger charge is 2.30. The van der Waals surface area contributed by atoms with Crippen molar-refractivity contribution < 1.29 is 4.79 Å². The molecule has 1 aliphatic carbocycles. The number of nitrogens with zero attached hydrogens (tertiary/aromatic N) is 3. The van der Waals surface area contributed by atoms with E-state index in [-0.39, 0.29) is 5.78 Å². The van der Waals surface area contributed by atoms with Crippen LogP contribution in [0.5, 0.6) is 0 Å². The largest absolute Gasteiger partial charge is 0.330 e. The average molecular weight is 194 g/mol. The summed E-state index contributed by atoms with van der Waals surface area (Å²) in [5.41, 5.74) is 5.97. The molecule has 0 saturated heterocycles. The predicted octanol–water partition coefficient (Wildman–Crippen LogP) is 0.391. The third kappa shape index (κ3) is 1.55. The third-order valence-corrected chi connectivity index (χ3v) is 2.79. The van der Waals surface area contributed by atoms with Crippen LogP contribution in [-0.4, -0.2) is 27.3 Å². The highest BCUT2D eigenvalue weighted by Crippen LogP contribution is 2.36. The van der Waals surface area contributed by atoms with Crippen LogP contribution < -0.4 is 5.73 Å². The summed E-state index contributed by atoms with van der Waals surface area (Å²) in [6, 6.07) is 0.393. The number of aromatic nitrogens is 3. The molecule has 1 saturated carbocycles. The van der Waals surface area contributed by atoms with Crippen LogP contribution in [0, 0.1) is 5.92 Å². The Balaban J connectivity index is 2.01. The lowest BCUT2D eigenvalue weighted by Crippen LogP contribution is -2.32. The van der Waals surface area contributed by atoms with Gasteiger partial charge in [-0.15, -0.1) is 5.10 Å². The highest BCUT2D eigenvalue weighted by atomic mass is 16.1. The van der Waals surface area contributed by atoms with E-state index >= 15 is 0 Å². The summed E-state index contributed by atoms with van der Waals surface area (Å²) >= 11 is 0. The van der Waals surface area contributed by atoms with Crippen molar-refractivity contribution in [1.29, 1.82) is 0 Å². The number of Topliss-reactive ketones (excluding diaryl/α,β-unsaturated/α-hetero) is 1. The molecule has 1 heterocycles. The lowest BCUT2D eigenvalue weighted by molar-refractivity contribution is 0.101. The van der Waals surface area contributed by atoms with E-state index in [1.54, 1.807) is 10.9 Å². The van der Waals surface area contributed by atoms with E-state index in [0.717, 1.165) is 19.4 Å². The molecule has 0 unspecified atom stereocenters. The van der Waals surface area contributed by atoms with Gasteiger partial charge in [0.1, 0.15) is 5.69 Å². The number of hydrogen-bond donors (Lipinski definition) is 1. The maximum absolute atomic E-state index is 11.0. The maximum atomic E-state index is 11.0. The molecule has 5 heteroatoms. The monoisotopic (exact) mass is 194 g/mol. The molecular formula is C9H14N4O. The fraction of sp³-hybridized carbons (Fsp3) is 0.667. The molecule has 0 atom stereocenters. The van der Waals surface area contributed by atoms with Gasteiger partial charge in [0.25, 0.3) is 0 Å². The van der Waals surface area contributed by atoms with Gasteiger partial charge >= 0.3 is 0 Å². The van der Waals surface area contributed by atoms with Crippen molar-refractivity contribution in [3.8, 4) is 0 Å². The van der Waals surface area contributed by atoms with Gasteiger partial charge in [-0.3, -0.25) is 4.79 Å². The van der Waals surface area contributed by atoms with Crippen LogP contribution in [0.3, 0.4) is 0 Å². The first kappa shape index (κ1) is 9.33. The number of carbonyl (C=O) groups excluding carboxylic acids is 1. The molecule has 0 amide bonds. The molecule has 14 heavy (non-hydrogen) atoms. The van der Waals surface area contributed by atoms with Crippen molar-refractivity contribution in [2.24, 2.45) is 11.7 Å². The van der Waals surface area contributed by atoms with Gasteiger partial charge in [-0.2, -0.15) is 0 Å². The summed E-state index contributed by atoms with van der Waals surface area (Å²) in [7, 11) is 0. The summed E-state index contributed by atoms with van der Waals surface area (Å²) in [5, 5.41) is 7.73. The molecule has 1 aromatic rings. The van der Waals surface area contributed by atoms with Gasteiger partial charge in [-0.1, -0.05) is 5.21 Å². The Morgan fingerprint density at radius 3 is 2.93 bits per heavy atom. The first-order valence-electron chi connectivity index (χ1n) is 4.83. The fourth-order valence-corrected chi connectivity index (χ4v) is 1.73. The molecule has 76 valence electrons. The van der Waals surface area contributed by atoms with E-state index in [4.69, 9.17) is 5.73 Å². The maximum Gasteiger partial charge on any atom is 0.181 e. The third-order valence-electron chi connectivity index (χ3n) is 2.79. The smallest absolute Gasteiger partial charge is 0.181 e. The minimum Gasteiger partial charge on any atom is -0.330 e. The zero-order valence-electron chi connectivity index (χ0n) is 8.18. The molecule has 1 fully saturated rings. The van der Waals surface area contributed by atoms with Crippen molar-refractivity contribution in [3.63, 3.8) is 0 Å². The standard InChI is InChI=1S/C9H14N4O/c1-6(14)9-5-13(12-11-9)8-2-7(3-8)4-10/h5,7-8H,2-4,10H2,1H3. The molecule has 2 N–H and O–H groups in total. The quantitative estimate of drug-likeness (QED) is 0.706. The number of rotatable bonds is 3. The summed E-state index contributed by atoms with van der Waals surface area (Å²) in [6.07, 6.45) is 3.83. The van der Waals surface area contributed by atoms with Crippen LogP contribution in [0.15, 0.2) is 6.20 Å². The van der Waals surface area contributed by atoms with Gasteiger partial charge in [0.2, 0.25) is 0 Å². The van der Waals surface area contributed by atoms with E-state index in [1.165, 1.54) is 6.92 Å². The van der Waals surface area contributed by atoms with Crippen LogP contribution in [-0.2, 0) is 0 Å². The van der Waals surface area contributed by atoms with Gasteiger partial charge in [0.05, 0.1) is 12.2 Å². The lowest BCUT2D eigenvalue weighted by atomic mass is 9.80. The zero-order valence-corrected chi connectivity index (χ0v) is 8.18. The Morgan fingerprint density at radius 2 is 2.43 bits per heavy atom. The van der Waals surface area contributed by atoms with Crippen molar-refractivity contribution in [1.82, 2.24) is 15.0 Å². The minimum absolute atomic E-state index is 0.0362. The van der Waals surface area contributed by atoms with Gasteiger partial charge in [-0.25, -0.2) is 4.68 Å². The molecule has 0 spiro atoms. The molecule has 0 radical (unpaired) electrons. The first-order chi connectivity index (χ1) is 6.70. The van der Waals surface area contributed by atoms with Gasteiger partial charge in [0, 0.05) is 6.92 Å². The summed E-state index contributed by atoms with van der Waals surface area (Å²) in [5.74, 6) is 0.580. The Hall–Kier alpha value is -1.23. The summed E-state index contributed by atoms with van der Waals surface area (Å²) < 4.78 is 1.78. The van der Waals surface area contributed by atoms with Crippen LogP contribution >= 0.6 is 0 Å². The number of hydrogen-bond acceptors (Lipinski definition) is 4. The van der Waals surface area contributed by atoms with E-state index in [9.17, 15) is 4.79 Å². The van der Waals surface area contributed by atoms with E-state index in [2.05, 4.69) is 10.3 Å². The summed E-state index contributed by atoms with van der Waals surface area (Å²) in [4.78, 5) is 11.0. The van der Waals surface area contributed by atoms with Crippen molar-refractivity contribution in [2.45, 2.75) is 25.8 Å². The number of ketones is 1. The van der Waals surface area contributed by atoms with Gasteiger partial charge < -0.3 is 5.73 Å². The molecule has 0 aliphatic heterocycles. The van der Waals surface area contributed by atoms with Crippen molar-refractivity contribution >= 4 is 5.78 Å². The summed E-state index contributed by atoms with van der Waals surface area (Å²) in [6.45, 7) is 2.24. The second-order valence-electron chi connectivity index (χ2n) is 3.87. The Morgan fingerprint density at radius 1 is 1.71 bits per heavy atom. The van der Waals surface area contributed by atoms with Gasteiger partial charge in [0.15, 0.2) is 5.78 Å². The van der Waals surface area contributed by atoms with E-state index in [1.807, 2.05) is 0 Å². The van der Waals surface area contributed by atoms with Crippen LogP contribution in [0.4, 0.5) is 0 Å². The molecule has 5 nitrogen and oxygen atoms in total. The molecule has 0 bridgehead atoms. The van der Waals surface area contributed by atoms with Crippen LogP contribution in [0.2, 0.25) is 0 Å². The molecule has 1 aromatic heterocycles. The van der Waals surface area contributed by atoms with E-state index < -0.39 is 0 Å². The Labute approximate surface area is 82.3 Å². The molecule has 1 aliphatic rings. The van der Waals surface area contributed by atoms with Gasteiger partial charge in [-0.05, 0) is 25.3 Å². The van der Waals surface area contributed by atoms with Crippen molar-refractivity contribution in [2.75, 3.05) is 6.54 Å². The highest BCUT2D eigenvalue weighted by molar-refractivity contribution is 5.91. The zero-order chi connectivity index (χ0) is 10.1. The second kappa shape index (κ2) is 3.49. The second-order valence-corrected chi connectivity index (χ2v) is 3.87. The van der Waals surface area contributed by atoms with Crippen LogP contribution in [0.1, 0.15) is 36.3 Å². The molecular weight excluding hydrogens is 180 g/mol. The molecule has 2 rings (SSSR count). The Kier molecular flexibility index (Phi) is 2.33. The minimum atomic E-state index is -0.0362. The SMILES string of the molecule is CC(=O)c1cn(C2CC(CN)C2)nn1.